The number of nitrogen functional groups attached to an aromatic ring is 1. The zero-order chi connectivity index (χ0) is 14.7. The van der Waals surface area contributed by atoms with Crippen molar-refractivity contribution in [2.75, 3.05) is 0 Å². The van der Waals surface area contributed by atoms with Gasteiger partial charge in [0.05, 0.1) is 5.52 Å². The maximum absolute atomic E-state index is 7.49. The predicted octanol–water partition coefficient (Wildman–Crippen LogP) is 3.21. The number of hydrogen-bond donors (Lipinski definition) is 2. The molecular formula is C16H14N4S. The van der Waals surface area contributed by atoms with Crippen LogP contribution in [0.3, 0.4) is 0 Å². The molecule has 5 heteroatoms. The summed E-state index contributed by atoms with van der Waals surface area (Å²) >= 11 is 1.66. The maximum atomic E-state index is 7.49. The minimum absolute atomic E-state index is 0.0920. The molecule has 0 saturated carbocycles. The van der Waals surface area contributed by atoms with Crippen molar-refractivity contribution in [3.63, 3.8) is 0 Å². The Balaban J connectivity index is 1.84. The lowest BCUT2D eigenvalue weighted by Gasteiger charge is -2.06. The SMILES string of the molecule is N=C(N)c1cccc(CSc2ncnc3ccccc23)c1. The third-order valence-corrected chi connectivity index (χ3v) is 4.20. The molecule has 104 valence electrons. The first-order chi connectivity index (χ1) is 10.2. The monoisotopic (exact) mass is 294 g/mol. The van der Waals surface area contributed by atoms with Gasteiger partial charge in [-0.25, -0.2) is 9.97 Å². The van der Waals surface area contributed by atoms with Gasteiger partial charge in [-0.05, 0) is 17.7 Å². The van der Waals surface area contributed by atoms with Crippen molar-refractivity contribution in [3.05, 3.63) is 66.0 Å². The minimum atomic E-state index is 0.0920. The number of fused-ring (bicyclic) bond motifs is 1. The van der Waals surface area contributed by atoms with Crippen molar-refractivity contribution < 1.29 is 0 Å². The number of nitrogens with zero attached hydrogens (tertiary/aromatic N) is 2. The number of benzene rings is 2. The molecule has 0 spiro atoms. The third kappa shape index (κ3) is 3.03. The highest BCUT2D eigenvalue weighted by atomic mass is 32.2. The highest BCUT2D eigenvalue weighted by molar-refractivity contribution is 7.98. The van der Waals surface area contributed by atoms with Gasteiger partial charge in [-0.2, -0.15) is 0 Å². The van der Waals surface area contributed by atoms with E-state index in [0.29, 0.717) is 0 Å². The van der Waals surface area contributed by atoms with Crippen LogP contribution in [0.4, 0.5) is 0 Å². The molecule has 0 radical (unpaired) electrons. The van der Waals surface area contributed by atoms with Crippen LogP contribution in [0, 0.1) is 5.41 Å². The zero-order valence-electron chi connectivity index (χ0n) is 11.3. The van der Waals surface area contributed by atoms with Gasteiger partial charge in [-0.1, -0.05) is 36.4 Å². The van der Waals surface area contributed by atoms with Gasteiger partial charge in [-0.3, -0.25) is 5.41 Å². The maximum Gasteiger partial charge on any atom is 0.122 e. The molecule has 3 aromatic rings. The van der Waals surface area contributed by atoms with E-state index < -0.39 is 0 Å². The van der Waals surface area contributed by atoms with Crippen molar-refractivity contribution >= 4 is 28.5 Å². The van der Waals surface area contributed by atoms with Crippen molar-refractivity contribution in [3.8, 4) is 0 Å². The predicted molar refractivity (Wildman–Crippen MR) is 86.6 cm³/mol. The fourth-order valence-corrected chi connectivity index (χ4v) is 3.01. The first-order valence-electron chi connectivity index (χ1n) is 6.50. The van der Waals surface area contributed by atoms with E-state index in [-0.39, 0.29) is 5.84 Å². The number of hydrogen-bond acceptors (Lipinski definition) is 4. The van der Waals surface area contributed by atoms with E-state index in [9.17, 15) is 0 Å². The first-order valence-corrected chi connectivity index (χ1v) is 7.48. The summed E-state index contributed by atoms with van der Waals surface area (Å²) in [4.78, 5) is 8.63. The molecule has 3 N–H and O–H groups in total. The lowest BCUT2D eigenvalue weighted by molar-refractivity contribution is 1.10. The van der Waals surface area contributed by atoms with E-state index in [1.807, 2.05) is 48.5 Å². The molecule has 0 aliphatic heterocycles. The fourth-order valence-electron chi connectivity index (χ4n) is 2.08. The highest BCUT2D eigenvalue weighted by Gasteiger charge is 2.05. The van der Waals surface area contributed by atoms with Crippen LogP contribution in [0.5, 0.6) is 0 Å². The van der Waals surface area contributed by atoms with Crippen LogP contribution in [0.15, 0.2) is 59.9 Å². The second kappa shape index (κ2) is 5.93. The zero-order valence-corrected chi connectivity index (χ0v) is 12.1. The lowest BCUT2D eigenvalue weighted by atomic mass is 10.1. The number of para-hydroxylation sites is 1. The molecule has 2 aromatic carbocycles. The molecule has 4 nitrogen and oxygen atoms in total. The molecule has 1 aromatic heterocycles. The fraction of sp³-hybridized carbons (Fsp3) is 0.0625. The van der Waals surface area contributed by atoms with Gasteiger partial charge in [-0.15, -0.1) is 11.8 Å². The van der Waals surface area contributed by atoms with E-state index in [1.165, 1.54) is 0 Å². The van der Waals surface area contributed by atoms with Gasteiger partial charge in [0.1, 0.15) is 17.2 Å². The average Bonchev–Trinajstić information content (AvgIpc) is 2.53. The van der Waals surface area contributed by atoms with Gasteiger partial charge < -0.3 is 5.73 Å². The number of amidine groups is 1. The summed E-state index contributed by atoms with van der Waals surface area (Å²) < 4.78 is 0. The Morgan fingerprint density at radius 3 is 2.81 bits per heavy atom. The second-order valence-electron chi connectivity index (χ2n) is 4.60. The number of aromatic nitrogens is 2. The molecular weight excluding hydrogens is 280 g/mol. The summed E-state index contributed by atoms with van der Waals surface area (Å²) in [6, 6.07) is 15.7. The molecule has 21 heavy (non-hydrogen) atoms. The topological polar surface area (TPSA) is 75.7 Å². The van der Waals surface area contributed by atoms with E-state index in [4.69, 9.17) is 11.1 Å². The molecule has 0 bridgehead atoms. The smallest absolute Gasteiger partial charge is 0.122 e. The highest BCUT2D eigenvalue weighted by Crippen LogP contribution is 2.27. The summed E-state index contributed by atoms with van der Waals surface area (Å²) in [6.07, 6.45) is 1.59. The Morgan fingerprint density at radius 2 is 1.95 bits per heavy atom. The Bertz CT molecular complexity index is 796. The normalized spacial score (nSPS) is 10.7. The minimum Gasteiger partial charge on any atom is -0.384 e. The van der Waals surface area contributed by atoms with Gasteiger partial charge in [0.2, 0.25) is 0 Å². The first kappa shape index (κ1) is 13.6. The summed E-state index contributed by atoms with van der Waals surface area (Å²) in [7, 11) is 0. The second-order valence-corrected chi connectivity index (χ2v) is 5.56. The number of thioether (sulfide) groups is 1. The summed E-state index contributed by atoms with van der Waals surface area (Å²) in [5.74, 6) is 0.872. The summed E-state index contributed by atoms with van der Waals surface area (Å²) in [5.41, 5.74) is 8.34. The molecule has 0 saturated heterocycles. The standard InChI is InChI=1S/C16H14N4S/c17-15(18)12-5-3-4-11(8-12)9-21-16-13-6-1-2-7-14(13)19-10-20-16/h1-8,10H,9H2,(H3,17,18). The van der Waals surface area contributed by atoms with Crippen molar-refractivity contribution in [1.82, 2.24) is 9.97 Å². The summed E-state index contributed by atoms with van der Waals surface area (Å²) in [6.45, 7) is 0. The summed E-state index contributed by atoms with van der Waals surface area (Å²) in [5, 5.41) is 9.52. The van der Waals surface area contributed by atoms with Crippen LogP contribution < -0.4 is 5.73 Å². The lowest BCUT2D eigenvalue weighted by Crippen LogP contribution is -2.10. The third-order valence-electron chi connectivity index (χ3n) is 3.12. The number of nitrogens with two attached hydrogens (primary N) is 1. The van der Waals surface area contributed by atoms with E-state index in [0.717, 1.165) is 32.8 Å². The van der Waals surface area contributed by atoms with Crippen LogP contribution in [-0.4, -0.2) is 15.8 Å². The largest absolute Gasteiger partial charge is 0.384 e. The van der Waals surface area contributed by atoms with Gasteiger partial charge in [0.15, 0.2) is 0 Å². The Hall–Kier alpha value is -2.40. The molecule has 0 unspecified atom stereocenters. The molecule has 0 fully saturated rings. The Labute approximate surface area is 126 Å². The molecule has 3 rings (SSSR count). The van der Waals surface area contributed by atoms with Crippen molar-refractivity contribution in [2.24, 2.45) is 5.73 Å². The number of nitrogens with one attached hydrogen (secondary N) is 1. The molecule has 0 aliphatic rings. The van der Waals surface area contributed by atoms with Crippen molar-refractivity contribution in [2.45, 2.75) is 10.8 Å². The van der Waals surface area contributed by atoms with Gasteiger partial charge >= 0.3 is 0 Å². The van der Waals surface area contributed by atoms with Crippen LogP contribution in [-0.2, 0) is 5.75 Å². The number of rotatable bonds is 4. The quantitative estimate of drug-likeness (QED) is 0.335. The molecule has 0 amide bonds. The van der Waals surface area contributed by atoms with E-state index in [2.05, 4.69) is 9.97 Å². The van der Waals surface area contributed by atoms with Crippen LogP contribution in [0.1, 0.15) is 11.1 Å². The van der Waals surface area contributed by atoms with Gasteiger partial charge in [0, 0.05) is 16.7 Å². The average molecular weight is 294 g/mol. The van der Waals surface area contributed by atoms with Crippen LogP contribution in [0.25, 0.3) is 10.9 Å². The van der Waals surface area contributed by atoms with E-state index in [1.54, 1.807) is 18.1 Å². The Morgan fingerprint density at radius 1 is 1.10 bits per heavy atom. The van der Waals surface area contributed by atoms with E-state index >= 15 is 0 Å². The van der Waals surface area contributed by atoms with Gasteiger partial charge in [0.25, 0.3) is 0 Å². The van der Waals surface area contributed by atoms with Crippen LogP contribution >= 0.6 is 11.8 Å². The molecule has 0 atom stereocenters. The Kier molecular flexibility index (Phi) is 3.83. The van der Waals surface area contributed by atoms with Crippen LogP contribution in [0.2, 0.25) is 0 Å². The molecule has 1 heterocycles. The molecule has 0 aliphatic carbocycles. The van der Waals surface area contributed by atoms with Crippen molar-refractivity contribution in [1.29, 1.82) is 5.41 Å².